The van der Waals surface area contributed by atoms with Gasteiger partial charge in [0.2, 0.25) is 0 Å². The second-order valence-corrected chi connectivity index (χ2v) is 7.26. The number of hydrogen-bond donors (Lipinski definition) is 0. The molecule has 2 aromatic rings. The number of benzene rings is 2. The molecule has 1 saturated carbocycles. The summed E-state index contributed by atoms with van der Waals surface area (Å²) in [6, 6.07) is 14.4. The van der Waals surface area contributed by atoms with Crippen molar-refractivity contribution in [2.45, 2.75) is 38.5 Å². The third kappa shape index (κ3) is 2.59. The number of carbonyl (C=O) groups is 1. The van der Waals surface area contributed by atoms with Crippen molar-refractivity contribution >= 4 is 23.1 Å². The molecule has 0 saturated heterocycles. The summed E-state index contributed by atoms with van der Waals surface area (Å²) in [4.78, 5) is 16.8. The summed E-state index contributed by atoms with van der Waals surface area (Å²) in [5.41, 5.74) is 3.31. The van der Waals surface area contributed by atoms with E-state index in [1.165, 1.54) is 5.56 Å². The van der Waals surface area contributed by atoms with E-state index in [0.717, 1.165) is 47.4 Å². The Morgan fingerprint density at radius 2 is 1.62 bits per heavy atom. The Morgan fingerprint density at radius 3 is 2.33 bits per heavy atom. The molecule has 2 aliphatic rings. The van der Waals surface area contributed by atoms with E-state index in [4.69, 9.17) is 11.6 Å². The summed E-state index contributed by atoms with van der Waals surface area (Å²) in [6.07, 6.45) is 4.34. The second kappa shape index (κ2) is 6.18. The van der Waals surface area contributed by atoms with Crippen molar-refractivity contribution in [2.75, 3.05) is 0 Å². The highest BCUT2D eigenvalue weighted by molar-refractivity contribution is 6.31. The predicted octanol–water partition coefficient (Wildman–Crippen LogP) is 3.93. The Kier molecular flexibility index (Phi) is 4.01. The second-order valence-electron chi connectivity index (χ2n) is 6.86. The van der Waals surface area contributed by atoms with Crippen LogP contribution in [0.4, 0.5) is 0 Å². The molecule has 3 heteroatoms. The molecule has 0 bridgehead atoms. The van der Waals surface area contributed by atoms with Crippen LogP contribution in [0.25, 0.3) is 5.57 Å². The Morgan fingerprint density at radius 1 is 0.958 bits per heavy atom. The van der Waals surface area contributed by atoms with Crippen molar-refractivity contribution in [1.82, 2.24) is 0 Å². The van der Waals surface area contributed by atoms with Gasteiger partial charge in [0.15, 0.2) is 0 Å². The molecule has 0 radical (unpaired) electrons. The average molecular weight is 338 g/mol. The minimum atomic E-state index is -0.0569. The van der Waals surface area contributed by atoms with Gasteiger partial charge in [-0.25, -0.2) is 4.99 Å². The number of nitrogens with zero attached hydrogens (tertiary/aromatic N) is 1. The summed E-state index contributed by atoms with van der Waals surface area (Å²) in [6.45, 7) is 1.99. The van der Waals surface area contributed by atoms with E-state index in [-0.39, 0.29) is 5.91 Å². The largest absolute Gasteiger partial charge is 0.274 e. The predicted molar refractivity (Wildman–Crippen MR) is 96.5 cm³/mol. The molecule has 0 unspecified atom stereocenters. The molecule has 0 atom stereocenters. The zero-order valence-corrected chi connectivity index (χ0v) is 14.5. The molecular weight excluding hydrogens is 318 g/mol. The van der Waals surface area contributed by atoms with Gasteiger partial charge in [0.25, 0.3) is 5.91 Å². The van der Waals surface area contributed by atoms with E-state index in [1.54, 1.807) is 0 Å². The van der Waals surface area contributed by atoms with Gasteiger partial charge in [-0.15, -0.1) is 0 Å². The van der Waals surface area contributed by atoms with E-state index in [1.807, 2.05) is 19.1 Å². The van der Waals surface area contributed by atoms with Gasteiger partial charge in [-0.1, -0.05) is 41.9 Å². The Labute approximate surface area is 146 Å². The van der Waals surface area contributed by atoms with E-state index in [0.29, 0.717) is 16.9 Å². The van der Waals surface area contributed by atoms with Crippen molar-refractivity contribution < 1.29 is 4.79 Å². The average Bonchev–Trinajstić information content (AvgIpc) is 2.96. The van der Waals surface area contributed by atoms with Crippen LogP contribution in [0.3, 0.4) is 0 Å². The highest BCUT2D eigenvalue weighted by Crippen LogP contribution is 2.39. The number of halogens is 1. The quantitative estimate of drug-likeness (QED) is 0.816. The first-order valence-electron chi connectivity index (χ1n) is 8.62. The standard InChI is InChI=1S/C21H20ClNO/c1-13-17(22)11-12-18-19(13)20(21(24)23-18)16-9-7-15(8-10-16)14-5-3-2-4-6-14/h2-6,11-12,15-16H,7-10H2,1H3. The van der Waals surface area contributed by atoms with Gasteiger partial charge < -0.3 is 0 Å². The molecule has 1 fully saturated rings. The van der Waals surface area contributed by atoms with Gasteiger partial charge in [-0.05, 0) is 67.7 Å². The first-order chi connectivity index (χ1) is 11.6. The number of rotatable bonds is 2. The minimum absolute atomic E-state index is 0.0569. The molecule has 122 valence electrons. The number of carbonyl (C=O) groups excluding carboxylic acids is 1. The summed E-state index contributed by atoms with van der Waals surface area (Å²) < 4.78 is 0. The van der Waals surface area contributed by atoms with Crippen molar-refractivity contribution in [3.8, 4) is 0 Å². The maximum atomic E-state index is 12.5. The highest BCUT2D eigenvalue weighted by Gasteiger charge is 2.30. The Bertz CT molecular complexity index is 909. The molecule has 2 aromatic carbocycles. The van der Waals surface area contributed by atoms with Crippen LogP contribution < -0.4 is 10.6 Å². The van der Waals surface area contributed by atoms with Crippen LogP contribution in [0, 0.1) is 12.8 Å². The maximum absolute atomic E-state index is 12.5. The zero-order valence-electron chi connectivity index (χ0n) is 13.8. The van der Waals surface area contributed by atoms with Gasteiger partial charge in [-0.2, -0.15) is 0 Å². The van der Waals surface area contributed by atoms with Gasteiger partial charge >= 0.3 is 0 Å². The molecule has 4 rings (SSSR count). The van der Waals surface area contributed by atoms with Crippen LogP contribution in [0.2, 0.25) is 5.02 Å². The van der Waals surface area contributed by atoms with Crippen molar-refractivity contribution in [3.05, 3.63) is 69.2 Å². The molecule has 0 N–H and O–H groups in total. The number of hydrogen-bond acceptors (Lipinski definition) is 1. The minimum Gasteiger partial charge on any atom is -0.267 e. The van der Waals surface area contributed by atoms with Crippen molar-refractivity contribution in [1.29, 1.82) is 0 Å². The topological polar surface area (TPSA) is 29.4 Å². The van der Waals surface area contributed by atoms with Crippen LogP contribution in [-0.2, 0) is 4.79 Å². The summed E-state index contributed by atoms with van der Waals surface area (Å²) in [7, 11) is 0. The van der Waals surface area contributed by atoms with Gasteiger partial charge in [0.1, 0.15) is 0 Å². The summed E-state index contributed by atoms with van der Waals surface area (Å²) in [5, 5.41) is 2.51. The lowest BCUT2D eigenvalue weighted by atomic mass is 9.75. The fourth-order valence-corrected chi connectivity index (χ4v) is 4.36. The lowest BCUT2D eigenvalue weighted by Crippen LogP contribution is -2.29. The van der Waals surface area contributed by atoms with E-state index < -0.39 is 0 Å². The van der Waals surface area contributed by atoms with Crippen molar-refractivity contribution in [3.63, 3.8) is 0 Å². The Balaban J connectivity index is 1.65. The van der Waals surface area contributed by atoms with Crippen LogP contribution in [-0.4, -0.2) is 5.91 Å². The fraction of sp³-hybridized carbons (Fsp3) is 0.333. The highest BCUT2D eigenvalue weighted by atomic mass is 35.5. The first-order valence-corrected chi connectivity index (χ1v) is 9.00. The SMILES string of the molecule is Cc1c(Cl)ccc2c1=C(C1CCC(c3ccccc3)CC1)C(=O)N=2. The molecule has 0 spiro atoms. The van der Waals surface area contributed by atoms with E-state index in [2.05, 4.69) is 35.3 Å². The van der Waals surface area contributed by atoms with E-state index >= 15 is 0 Å². The lowest BCUT2D eigenvalue weighted by molar-refractivity contribution is -0.113. The van der Waals surface area contributed by atoms with Crippen molar-refractivity contribution in [2.24, 2.45) is 10.9 Å². The third-order valence-electron chi connectivity index (χ3n) is 5.51. The molecule has 1 aliphatic heterocycles. The molecule has 1 heterocycles. The molecule has 24 heavy (non-hydrogen) atoms. The van der Waals surface area contributed by atoms with Crippen LogP contribution in [0.5, 0.6) is 0 Å². The Hall–Kier alpha value is -1.93. The van der Waals surface area contributed by atoms with Crippen LogP contribution in [0.1, 0.15) is 42.7 Å². The number of amides is 1. The molecular formula is C21H20ClNO. The van der Waals surface area contributed by atoms with Crippen LogP contribution in [0.15, 0.2) is 47.5 Å². The summed E-state index contributed by atoms with van der Waals surface area (Å²) in [5.74, 6) is 0.856. The first kappa shape index (κ1) is 15.6. The molecule has 1 aliphatic carbocycles. The normalized spacial score (nSPS) is 23.1. The smallest absolute Gasteiger partial charge is 0.267 e. The molecule has 0 aromatic heterocycles. The molecule has 2 nitrogen and oxygen atoms in total. The fourth-order valence-electron chi connectivity index (χ4n) is 4.20. The monoisotopic (exact) mass is 337 g/mol. The van der Waals surface area contributed by atoms with Gasteiger partial charge in [0.05, 0.1) is 5.36 Å². The third-order valence-corrected chi connectivity index (χ3v) is 5.91. The van der Waals surface area contributed by atoms with Gasteiger partial charge in [0, 0.05) is 15.8 Å². The van der Waals surface area contributed by atoms with E-state index in [9.17, 15) is 4.79 Å². The van der Waals surface area contributed by atoms with Crippen LogP contribution >= 0.6 is 11.6 Å². The summed E-state index contributed by atoms with van der Waals surface area (Å²) >= 11 is 6.28. The zero-order chi connectivity index (χ0) is 16.7. The van der Waals surface area contributed by atoms with Gasteiger partial charge in [-0.3, -0.25) is 4.79 Å². The molecule has 1 amide bonds. The number of fused-ring (bicyclic) bond motifs is 1. The lowest BCUT2D eigenvalue weighted by Gasteiger charge is -2.29. The maximum Gasteiger partial charge on any atom is 0.274 e.